The number of nitrogens with one attached hydrogen (secondary N) is 1. The van der Waals surface area contributed by atoms with E-state index in [-0.39, 0.29) is 6.04 Å². The fourth-order valence-electron chi connectivity index (χ4n) is 3.22. The van der Waals surface area contributed by atoms with Gasteiger partial charge >= 0.3 is 0 Å². The van der Waals surface area contributed by atoms with Gasteiger partial charge in [-0.1, -0.05) is 24.3 Å². The highest BCUT2D eigenvalue weighted by molar-refractivity contribution is 5.32. The summed E-state index contributed by atoms with van der Waals surface area (Å²) in [6, 6.07) is 8.67. The van der Waals surface area contributed by atoms with Crippen molar-refractivity contribution in [2.24, 2.45) is 0 Å². The monoisotopic (exact) mass is 284 g/mol. The van der Waals surface area contributed by atoms with Crippen molar-refractivity contribution in [1.82, 2.24) is 15.5 Å². The van der Waals surface area contributed by atoms with Crippen molar-refractivity contribution in [3.05, 3.63) is 41.3 Å². The lowest BCUT2D eigenvalue weighted by Gasteiger charge is -2.25. The summed E-state index contributed by atoms with van der Waals surface area (Å²) in [4.78, 5) is 6.85. The molecular weight excluding hydrogens is 264 g/mol. The van der Waals surface area contributed by atoms with Gasteiger partial charge in [-0.3, -0.25) is 0 Å². The molecule has 110 valence electrons. The number of nitrogens with zero attached hydrogens (tertiary/aromatic N) is 3. The van der Waals surface area contributed by atoms with Gasteiger partial charge in [-0.25, -0.2) is 0 Å². The maximum atomic E-state index is 5.51. The molecule has 0 amide bonds. The molecule has 1 aromatic carbocycles. The van der Waals surface area contributed by atoms with Crippen molar-refractivity contribution in [3.8, 4) is 0 Å². The van der Waals surface area contributed by atoms with Crippen LogP contribution >= 0.6 is 0 Å². The minimum absolute atomic E-state index is 0.131. The van der Waals surface area contributed by atoms with Crippen LogP contribution in [0.4, 0.5) is 5.95 Å². The molecule has 3 heterocycles. The van der Waals surface area contributed by atoms with Crippen molar-refractivity contribution >= 4 is 5.95 Å². The van der Waals surface area contributed by atoms with Gasteiger partial charge < -0.3 is 14.7 Å². The van der Waals surface area contributed by atoms with Gasteiger partial charge in [-0.05, 0) is 42.0 Å². The van der Waals surface area contributed by atoms with E-state index in [1.807, 2.05) is 0 Å². The summed E-state index contributed by atoms with van der Waals surface area (Å²) in [6.45, 7) is 2.95. The summed E-state index contributed by atoms with van der Waals surface area (Å²) < 4.78 is 5.51. The lowest BCUT2D eigenvalue weighted by atomic mass is 9.96. The molecule has 0 spiro atoms. The Morgan fingerprint density at radius 2 is 1.90 bits per heavy atom. The summed E-state index contributed by atoms with van der Waals surface area (Å²) in [5, 5.41) is 7.66. The first-order valence-electron chi connectivity index (χ1n) is 7.79. The maximum Gasteiger partial charge on any atom is 0.266 e. The summed E-state index contributed by atoms with van der Waals surface area (Å²) in [5.41, 5.74) is 2.74. The van der Waals surface area contributed by atoms with E-state index in [0.717, 1.165) is 32.0 Å². The number of anilines is 1. The zero-order chi connectivity index (χ0) is 14.1. The second-order valence-electron chi connectivity index (χ2n) is 5.89. The molecule has 5 heteroatoms. The Kier molecular flexibility index (Phi) is 3.35. The molecule has 1 N–H and O–H groups in total. The Balaban J connectivity index is 1.51. The predicted octanol–water partition coefficient (Wildman–Crippen LogP) is 2.45. The standard InChI is InChI=1S/C16H20N4O/c1-4-8-20(9-5-1)16-18-15(21-19-16)14-10-12-6-2-3-7-13(12)11-17-14/h2-3,6-7,14,17H,1,4-5,8-11H2/t14-/m1/s1. The lowest BCUT2D eigenvalue weighted by molar-refractivity contribution is 0.320. The molecule has 2 aliphatic heterocycles. The molecular formula is C16H20N4O. The van der Waals surface area contributed by atoms with E-state index in [1.165, 1.54) is 30.4 Å². The summed E-state index contributed by atoms with van der Waals surface area (Å²) in [6.07, 6.45) is 4.66. The molecule has 0 bridgehead atoms. The Hall–Kier alpha value is -1.88. The van der Waals surface area contributed by atoms with E-state index >= 15 is 0 Å². The molecule has 1 fully saturated rings. The lowest BCUT2D eigenvalue weighted by Crippen LogP contribution is -2.31. The van der Waals surface area contributed by atoms with Crippen LogP contribution in [0.25, 0.3) is 0 Å². The highest BCUT2D eigenvalue weighted by Gasteiger charge is 2.25. The molecule has 1 saturated heterocycles. The Morgan fingerprint density at radius 1 is 1.10 bits per heavy atom. The third-order valence-electron chi connectivity index (χ3n) is 4.45. The molecule has 0 radical (unpaired) electrons. The maximum absolute atomic E-state index is 5.51. The average Bonchev–Trinajstić information content (AvgIpc) is 3.05. The van der Waals surface area contributed by atoms with E-state index in [1.54, 1.807) is 0 Å². The van der Waals surface area contributed by atoms with Crippen LogP contribution in [-0.2, 0) is 13.0 Å². The van der Waals surface area contributed by atoms with Gasteiger partial charge in [0.15, 0.2) is 0 Å². The fraction of sp³-hybridized carbons (Fsp3) is 0.500. The van der Waals surface area contributed by atoms with Crippen molar-refractivity contribution < 1.29 is 4.52 Å². The molecule has 0 aliphatic carbocycles. The molecule has 4 rings (SSSR count). The fourth-order valence-corrected chi connectivity index (χ4v) is 3.22. The molecule has 0 saturated carbocycles. The topological polar surface area (TPSA) is 54.2 Å². The first-order chi connectivity index (χ1) is 10.4. The second-order valence-corrected chi connectivity index (χ2v) is 5.89. The normalized spacial score (nSPS) is 22.1. The van der Waals surface area contributed by atoms with Gasteiger partial charge in [0.1, 0.15) is 0 Å². The van der Waals surface area contributed by atoms with Crippen molar-refractivity contribution in [1.29, 1.82) is 0 Å². The van der Waals surface area contributed by atoms with Gasteiger partial charge in [0.2, 0.25) is 5.89 Å². The third-order valence-corrected chi connectivity index (χ3v) is 4.45. The average molecular weight is 284 g/mol. The van der Waals surface area contributed by atoms with Crippen LogP contribution in [-0.4, -0.2) is 23.2 Å². The largest absolute Gasteiger partial charge is 0.338 e. The van der Waals surface area contributed by atoms with Crippen molar-refractivity contribution in [2.75, 3.05) is 18.0 Å². The summed E-state index contributed by atoms with van der Waals surface area (Å²) in [5.74, 6) is 1.47. The predicted molar refractivity (Wildman–Crippen MR) is 80.1 cm³/mol. The number of hydrogen-bond donors (Lipinski definition) is 1. The third kappa shape index (κ3) is 2.53. The summed E-state index contributed by atoms with van der Waals surface area (Å²) >= 11 is 0. The van der Waals surface area contributed by atoms with Gasteiger partial charge in [-0.2, -0.15) is 4.98 Å². The van der Waals surface area contributed by atoms with Crippen LogP contribution in [0.2, 0.25) is 0 Å². The first-order valence-corrected chi connectivity index (χ1v) is 7.79. The van der Waals surface area contributed by atoms with E-state index in [0.29, 0.717) is 5.89 Å². The van der Waals surface area contributed by atoms with Crippen molar-refractivity contribution in [2.45, 2.75) is 38.3 Å². The Labute approximate surface area is 124 Å². The van der Waals surface area contributed by atoms with Crippen LogP contribution in [0.5, 0.6) is 0 Å². The number of fused-ring (bicyclic) bond motifs is 1. The molecule has 2 aliphatic rings. The molecule has 5 nitrogen and oxygen atoms in total. The van der Waals surface area contributed by atoms with Crippen LogP contribution in [0.1, 0.15) is 42.3 Å². The molecule has 0 unspecified atom stereocenters. The second kappa shape index (κ2) is 5.48. The quantitative estimate of drug-likeness (QED) is 0.918. The molecule has 1 atom stereocenters. The molecule has 21 heavy (non-hydrogen) atoms. The van der Waals surface area contributed by atoms with E-state index in [2.05, 4.69) is 44.6 Å². The number of aromatic nitrogens is 2. The molecule has 2 aromatic rings. The van der Waals surface area contributed by atoms with Crippen LogP contribution < -0.4 is 10.2 Å². The van der Waals surface area contributed by atoms with Crippen LogP contribution in [0.3, 0.4) is 0 Å². The SMILES string of the molecule is c1ccc2c(c1)CN[C@@H](c1nc(N3CCCCC3)no1)C2. The minimum Gasteiger partial charge on any atom is -0.338 e. The van der Waals surface area contributed by atoms with Crippen LogP contribution in [0.15, 0.2) is 28.8 Å². The Morgan fingerprint density at radius 3 is 2.76 bits per heavy atom. The Bertz CT molecular complexity index is 618. The molecule has 1 aromatic heterocycles. The number of rotatable bonds is 2. The van der Waals surface area contributed by atoms with E-state index < -0.39 is 0 Å². The van der Waals surface area contributed by atoms with E-state index in [9.17, 15) is 0 Å². The van der Waals surface area contributed by atoms with Gasteiger partial charge in [0, 0.05) is 19.6 Å². The van der Waals surface area contributed by atoms with E-state index in [4.69, 9.17) is 4.52 Å². The zero-order valence-electron chi connectivity index (χ0n) is 12.1. The zero-order valence-corrected chi connectivity index (χ0v) is 12.1. The number of hydrogen-bond acceptors (Lipinski definition) is 5. The minimum atomic E-state index is 0.131. The smallest absolute Gasteiger partial charge is 0.266 e. The highest BCUT2D eigenvalue weighted by Crippen LogP contribution is 2.26. The van der Waals surface area contributed by atoms with Gasteiger partial charge in [-0.15, -0.1) is 0 Å². The summed E-state index contributed by atoms with van der Waals surface area (Å²) in [7, 11) is 0. The van der Waals surface area contributed by atoms with Crippen molar-refractivity contribution in [3.63, 3.8) is 0 Å². The van der Waals surface area contributed by atoms with Gasteiger partial charge in [0.05, 0.1) is 6.04 Å². The van der Waals surface area contributed by atoms with Crippen LogP contribution in [0, 0.1) is 0 Å². The number of benzene rings is 1. The highest BCUT2D eigenvalue weighted by atomic mass is 16.5. The number of piperidine rings is 1. The first kappa shape index (κ1) is 12.8. The van der Waals surface area contributed by atoms with Gasteiger partial charge in [0.25, 0.3) is 5.95 Å².